The fourth-order valence-electron chi connectivity index (χ4n) is 3.51. The summed E-state index contributed by atoms with van der Waals surface area (Å²) in [6.45, 7) is 3.74. The molecule has 1 saturated carbocycles. The summed E-state index contributed by atoms with van der Waals surface area (Å²) >= 11 is 1.83. The number of thiophene rings is 1. The maximum Gasteiger partial charge on any atom is 0.0198 e. The Labute approximate surface area is 121 Å². The lowest BCUT2D eigenvalue weighted by molar-refractivity contribution is 0.159. The normalized spacial score (nSPS) is 29.3. The van der Waals surface area contributed by atoms with E-state index in [1.54, 1.807) is 0 Å². The summed E-state index contributed by atoms with van der Waals surface area (Å²) in [4.78, 5) is 2.51. The van der Waals surface area contributed by atoms with Crippen molar-refractivity contribution in [2.45, 2.75) is 38.1 Å². The molecular weight excluding hydrogens is 252 g/mol. The highest BCUT2D eigenvalue weighted by Crippen LogP contribution is 2.26. The summed E-state index contributed by atoms with van der Waals surface area (Å²) < 4.78 is 0. The van der Waals surface area contributed by atoms with Crippen molar-refractivity contribution in [3.05, 3.63) is 22.4 Å². The van der Waals surface area contributed by atoms with Crippen LogP contribution in [-0.2, 0) is 6.42 Å². The molecule has 1 N–H and O–H groups in total. The van der Waals surface area contributed by atoms with Gasteiger partial charge in [-0.1, -0.05) is 6.42 Å². The van der Waals surface area contributed by atoms with E-state index in [0.29, 0.717) is 6.04 Å². The van der Waals surface area contributed by atoms with Crippen LogP contribution in [0.5, 0.6) is 0 Å². The van der Waals surface area contributed by atoms with Crippen LogP contribution in [0, 0.1) is 11.8 Å². The molecule has 2 atom stereocenters. The quantitative estimate of drug-likeness (QED) is 0.891. The molecule has 2 nitrogen and oxygen atoms in total. The van der Waals surface area contributed by atoms with E-state index in [0.717, 1.165) is 11.8 Å². The standard InChI is InChI=1S/C16H26N2S/c1-18-10-15(7-14-5-6-19-12-14)8-16(11-18)17-9-13-3-2-4-13/h5-6,12-13,15-17H,2-4,7-11H2,1H3. The van der Waals surface area contributed by atoms with Gasteiger partial charge in [-0.25, -0.2) is 0 Å². The molecule has 0 radical (unpaired) electrons. The lowest BCUT2D eigenvalue weighted by Crippen LogP contribution is -2.49. The molecule has 0 spiro atoms. The first kappa shape index (κ1) is 13.6. The van der Waals surface area contributed by atoms with Gasteiger partial charge in [-0.05, 0) is 73.5 Å². The SMILES string of the molecule is CN1CC(Cc2ccsc2)CC(NCC2CCC2)C1. The Morgan fingerprint density at radius 1 is 1.32 bits per heavy atom. The molecule has 0 aromatic carbocycles. The van der Waals surface area contributed by atoms with Crippen molar-refractivity contribution in [2.24, 2.45) is 11.8 Å². The van der Waals surface area contributed by atoms with E-state index in [2.05, 4.69) is 34.1 Å². The highest BCUT2D eigenvalue weighted by molar-refractivity contribution is 7.07. The highest BCUT2D eigenvalue weighted by Gasteiger charge is 2.26. The Morgan fingerprint density at radius 2 is 2.21 bits per heavy atom. The fourth-order valence-corrected chi connectivity index (χ4v) is 4.19. The van der Waals surface area contributed by atoms with Crippen LogP contribution in [0.1, 0.15) is 31.2 Å². The second-order valence-electron chi connectivity index (χ2n) is 6.56. The molecule has 19 heavy (non-hydrogen) atoms. The Balaban J connectivity index is 1.48. The summed E-state index contributed by atoms with van der Waals surface area (Å²) in [5.41, 5.74) is 1.53. The van der Waals surface area contributed by atoms with Gasteiger partial charge in [-0.15, -0.1) is 0 Å². The van der Waals surface area contributed by atoms with Gasteiger partial charge in [0.25, 0.3) is 0 Å². The van der Waals surface area contributed by atoms with Crippen molar-refractivity contribution >= 4 is 11.3 Å². The van der Waals surface area contributed by atoms with Crippen LogP contribution in [0.3, 0.4) is 0 Å². The number of likely N-dealkylation sites (tertiary alicyclic amines) is 1. The summed E-state index contributed by atoms with van der Waals surface area (Å²) in [7, 11) is 2.28. The van der Waals surface area contributed by atoms with Gasteiger partial charge in [0.15, 0.2) is 0 Å². The van der Waals surface area contributed by atoms with E-state index in [-0.39, 0.29) is 0 Å². The molecule has 3 heteroatoms. The average molecular weight is 278 g/mol. The third-order valence-electron chi connectivity index (χ3n) is 4.74. The third-order valence-corrected chi connectivity index (χ3v) is 5.48. The van der Waals surface area contributed by atoms with Crippen LogP contribution in [0.15, 0.2) is 16.8 Å². The van der Waals surface area contributed by atoms with Crippen molar-refractivity contribution in [1.82, 2.24) is 10.2 Å². The number of nitrogens with zero attached hydrogens (tertiary/aromatic N) is 1. The lowest BCUT2D eigenvalue weighted by Gasteiger charge is -2.37. The average Bonchev–Trinajstić information content (AvgIpc) is 2.79. The van der Waals surface area contributed by atoms with Crippen molar-refractivity contribution < 1.29 is 0 Å². The molecule has 1 aromatic rings. The fraction of sp³-hybridized carbons (Fsp3) is 0.750. The molecule has 106 valence electrons. The number of piperidine rings is 1. The van der Waals surface area contributed by atoms with E-state index >= 15 is 0 Å². The molecule has 2 fully saturated rings. The number of likely N-dealkylation sites (N-methyl/N-ethyl adjacent to an activating group) is 1. The topological polar surface area (TPSA) is 15.3 Å². The van der Waals surface area contributed by atoms with Crippen LogP contribution in [0.2, 0.25) is 0 Å². The number of rotatable bonds is 5. The van der Waals surface area contributed by atoms with E-state index in [9.17, 15) is 0 Å². The Bertz CT molecular complexity index is 372. The van der Waals surface area contributed by atoms with Gasteiger partial charge in [-0.2, -0.15) is 11.3 Å². The Morgan fingerprint density at radius 3 is 2.89 bits per heavy atom. The third kappa shape index (κ3) is 3.80. The molecule has 2 unspecified atom stereocenters. The van der Waals surface area contributed by atoms with Crippen LogP contribution in [0.25, 0.3) is 0 Å². The monoisotopic (exact) mass is 278 g/mol. The summed E-state index contributed by atoms with van der Waals surface area (Å²) in [6, 6.07) is 3.00. The van der Waals surface area contributed by atoms with Gasteiger partial charge in [0.1, 0.15) is 0 Å². The maximum atomic E-state index is 3.82. The van der Waals surface area contributed by atoms with E-state index < -0.39 is 0 Å². The number of hydrogen-bond acceptors (Lipinski definition) is 3. The second kappa shape index (κ2) is 6.38. The summed E-state index contributed by atoms with van der Waals surface area (Å²) in [6.07, 6.45) is 6.97. The van der Waals surface area contributed by atoms with Crippen molar-refractivity contribution in [1.29, 1.82) is 0 Å². The predicted octanol–water partition coefficient (Wildman–Crippen LogP) is 3.00. The predicted molar refractivity (Wildman–Crippen MR) is 82.8 cm³/mol. The summed E-state index contributed by atoms with van der Waals surface area (Å²) in [5.74, 6) is 1.80. The smallest absolute Gasteiger partial charge is 0.0198 e. The molecule has 3 rings (SSSR count). The molecule has 1 aliphatic carbocycles. The zero-order valence-electron chi connectivity index (χ0n) is 12.0. The highest BCUT2D eigenvalue weighted by atomic mass is 32.1. The first-order chi connectivity index (χ1) is 9.29. The first-order valence-electron chi connectivity index (χ1n) is 7.72. The van der Waals surface area contributed by atoms with E-state index in [1.165, 1.54) is 57.3 Å². The summed E-state index contributed by atoms with van der Waals surface area (Å²) in [5, 5.41) is 8.34. The molecule has 1 aliphatic heterocycles. The Hall–Kier alpha value is -0.380. The molecule has 1 aromatic heterocycles. The zero-order chi connectivity index (χ0) is 13.1. The Kier molecular flexibility index (Phi) is 4.57. The number of nitrogens with one attached hydrogen (secondary N) is 1. The van der Waals surface area contributed by atoms with Gasteiger partial charge < -0.3 is 10.2 Å². The lowest BCUT2D eigenvalue weighted by atomic mass is 9.84. The molecule has 2 aliphatic rings. The van der Waals surface area contributed by atoms with Crippen molar-refractivity contribution in [3.8, 4) is 0 Å². The van der Waals surface area contributed by atoms with E-state index in [4.69, 9.17) is 0 Å². The van der Waals surface area contributed by atoms with Gasteiger partial charge in [0.2, 0.25) is 0 Å². The van der Waals surface area contributed by atoms with Crippen LogP contribution < -0.4 is 5.32 Å². The van der Waals surface area contributed by atoms with Crippen LogP contribution in [-0.4, -0.2) is 37.6 Å². The molecule has 2 heterocycles. The molecule has 0 bridgehead atoms. The van der Waals surface area contributed by atoms with E-state index in [1.807, 2.05) is 11.3 Å². The van der Waals surface area contributed by atoms with Crippen LogP contribution in [0.4, 0.5) is 0 Å². The van der Waals surface area contributed by atoms with Crippen molar-refractivity contribution in [3.63, 3.8) is 0 Å². The number of hydrogen-bond donors (Lipinski definition) is 1. The van der Waals surface area contributed by atoms with Crippen molar-refractivity contribution in [2.75, 3.05) is 26.7 Å². The van der Waals surface area contributed by atoms with Gasteiger partial charge in [0.05, 0.1) is 0 Å². The van der Waals surface area contributed by atoms with Gasteiger partial charge in [-0.3, -0.25) is 0 Å². The molecule has 1 saturated heterocycles. The van der Waals surface area contributed by atoms with Crippen LogP contribution >= 0.6 is 11.3 Å². The molecular formula is C16H26N2S. The zero-order valence-corrected chi connectivity index (χ0v) is 12.8. The minimum absolute atomic E-state index is 0.711. The molecule has 0 amide bonds. The second-order valence-corrected chi connectivity index (χ2v) is 7.34. The first-order valence-corrected chi connectivity index (χ1v) is 8.67. The van der Waals surface area contributed by atoms with Gasteiger partial charge >= 0.3 is 0 Å². The van der Waals surface area contributed by atoms with Gasteiger partial charge in [0, 0.05) is 19.1 Å². The maximum absolute atomic E-state index is 3.82. The minimum atomic E-state index is 0.711. The minimum Gasteiger partial charge on any atom is -0.312 e. The largest absolute Gasteiger partial charge is 0.312 e.